The summed E-state index contributed by atoms with van der Waals surface area (Å²) in [4.78, 5) is 27.9. The number of fused-ring (bicyclic) bond motifs is 1. The van der Waals surface area contributed by atoms with E-state index in [4.69, 9.17) is 4.98 Å². The summed E-state index contributed by atoms with van der Waals surface area (Å²) in [6.45, 7) is 13.4. The second-order valence-electron chi connectivity index (χ2n) is 8.21. The van der Waals surface area contributed by atoms with E-state index < -0.39 is 0 Å². The van der Waals surface area contributed by atoms with Gasteiger partial charge in [0.1, 0.15) is 11.6 Å². The summed E-state index contributed by atoms with van der Waals surface area (Å²) in [5.74, 6) is 2.51. The van der Waals surface area contributed by atoms with Gasteiger partial charge in [-0.05, 0) is 25.7 Å². The van der Waals surface area contributed by atoms with Gasteiger partial charge >= 0.3 is 0 Å². The monoisotopic (exact) mass is 375 g/mol. The van der Waals surface area contributed by atoms with Crippen molar-refractivity contribution in [1.82, 2.24) is 19.8 Å². The third-order valence-electron chi connectivity index (χ3n) is 5.57. The van der Waals surface area contributed by atoms with Crippen LogP contribution in [0, 0.1) is 12.8 Å². The van der Waals surface area contributed by atoms with E-state index in [9.17, 15) is 9.90 Å². The molecule has 0 bridgehead atoms. The predicted octanol–water partition coefficient (Wildman–Crippen LogP) is 1.22. The molecule has 0 saturated carbocycles. The number of carbonyl (C=O) groups is 1. The number of rotatable bonds is 5. The number of hydrogen-bond acceptors (Lipinski definition) is 6. The van der Waals surface area contributed by atoms with Gasteiger partial charge in [0, 0.05) is 57.9 Å². The highest BCUT2D eigenvalue weighted by atomic mass is 16.3. The van der Waals surface area contributed by atoms with Crippen molar-refractivity contribution < 1.29 is 9.90 Å². The Balaban J connectivity index is 1.83. The third kappa shape index (κ3) is 4.58. The molecule has 0 aliphatic carbocycles. The van der Waals surface area contributed by atoms with Crippen molar-refractivity contribution in [2.24, 2.45) is 5.92 Å². The van der Waals surface area contributed by atoms with Crippen LogP contribution in [0.4, 0.5) is 5.82 Å². The van der Waals surface area contributed by atoms with Crippen molar-refractivity contribution in [2.45, 2.75) is 53.1 Å². The molecular weight excluding hydrogens is 342 g/mol. The van der Waals surface area contributed by atoms with Gasteiger partial charge in [-0.2, -0.15) is 0 Å². The molecule has 1 amide bonds. The van der Waals surface area contributed by atoms with Crippen LogP contribution in [0.25, 0.3) is 0 Å². The third-order valence-corrected chi connectivity index (χ3v) is 5.57. The summed E-state index contributed by atoms with van der Waals surface area (Å²) >= 11 is 0. The Morgan fingerprint density at radius 2 is 2.04 bits per heavy atom. The van der Waals surface area contributed by atoms with E-state index >= 15 is 0 Å². The second-order valence-corrected chi connectivity index (χ2v) is 8.21. The lowest BCUT2D eigenvalue weighted by Gasteiger charge is -2.43. The molecule has 1 saturated heterocycles. The van der Waals surface area contributed by atoms with Gasteiger partial charge in [-0.25, -0.2) is 9.97 Å². The fourth-order valence-electron chi connectivity index (χ4n) is 4.28. The van der Waals surface area contributed by atoms with Crippen molar-refractivity contribution >= 4 is 11.7 Å². The van der Waals surface area contributed by atoms with Crippen LogP contribution in [-0.2, 0) is 17.8 Å². The minimum Gasteiger partial charge on any atom is -0.396 e. The molecule has 0 unspecified atom stereocenters. The van der Waals surface area contributed by atoms with Crippen LogP contribution >= 0.6 is 0 Å². The second kappa shape index (κ2) is 8.52. The number of nitrogens with zero attached hydrogens (tertiary/aromatic N) is 5. The van der Waals surface area contributed by atoms with Gasteiger partial charge in [0.15, 0.2) is 0 Å². The Bertz CT molecular complexity index is 679. The Labute approximate surface area is 162 Å². The average Bonchev–Trinajstić information content (AvgIpc) is 2.61. The van der Waals surface area contributed by atoms with Crippen LogP contribution in [0.1, 0.15) is 44.3 Å². The molecule has 0 aromatic carbocycles. The molecule has 1 aromatic heterocycles. The molecule has 3 rings (SSSR count). The summed E-state index contributed by atoms with van der Waals surface area (Å²) in [5, 5.41) is 9.54. The zero-order valence-electron chi connectivity index (χ0n) is 17.1. The molecular formula is C20H33N5O2. The summed E-state index contributed by atoms with van der Waals surface area (Å²) in [6, 6.07) is 0.342. The molecule has 7 nitrogen and oxygen atoms in total. The smallest absolute Gasteiger partial charge is 0.219 e. The fourth-order valence-corrected chi connectivity index (χ4v) is 4.28. The number of aryl methyl sites for hydroxylation is 1. The molecule has 3 heterocycles. The largest absolute Gasteiger partial charge is 0.396 e. The molecule has 1 fully saturated rings. The van der Waals surface area contributed by atoms with E-state index in [1.165, 1.54) is 5.56 Å². The zero-order valence-corrected chi connectivity index (χ0v) is 17.1. The molecule has 0 spiro atoms. The molecule has 1 N–H and O–H groups in total. The Kier molecular flexibility index (Phi) is 6.32. The van der Waals surface area contributed by atoms with Gasteiger partial charge in [-0.1, -0.05) is 13.8 Å². The molecule has 0 radical (unpaired) electrons. The Morgan fingerprint density at radius 1 is 1.26 bits per heavy atom. The number of aromatic nitrogens is 2. The van der Waals surface area contributed by atoms with Crippen molar-refractivity contribution in [2.75, 3.05) is 44.2 Å². The van der Waals surface area contributed by atoms with Crippen molar-refractivity contribution in [3.05, 3.63) is 17.1 Å². The number of aliphatic hydroxyl groups excluding tert-OH is 1. The summed E-state index contributed by atoms with van der Waals surface area (Å²) < 4.78 is 0. The van der Waals surface area contributed by atoms with Gasteiger partial charge in [-0.15, -0.1) is 0 Å². The quantitative estimate of drug-likeness (QED) is 0.834. The molecule has 1 atom stereocenters. The minimum atomic E-state index is 0.101. The first kappa shape index (κ1) is 20.0. The first-order valence-corrected chi connectivity index (χ1v) is 10.1. The maximum Gasteiger partial charge on any atom is 0.219 e. The maximum atomic E-state index is 11.8. The summed E-state index contributed by atoms with van der Waals surface area (Å²) in [7, 11) is 0. The fraction of sp³-hybridized carbons (Fsp3) is 0.750. The van der Waals surface area contributed by atoms with Crippen LogP contribution in [-0.4, -0.2) is 76.2 Å². The van der Waals surface area contributed by atoms with E-state index in [1.54, 1.807) is 6.92 Å². The van der Waals surface area contributed by atoms with E-state index in [2.05, 4.69) is 28.6 Å². The molecule has 7 heteroatoms. The molecule has 1 aromatic rings. The topological polar surface area (TPSA) is 72.8 Å². The van der Waals surface area contributed by atoms with Gasteiger partial charge in [0.05, 0.1) is 12.2 Å². The van der Waals surface area contributed by atoms with E-state index in [0.29, 0.717) is 18.5 Å². The van der Waals surface area contributed by atoms with Crippen molar-refractivity contribution in [3.8, 4) is 0 Å². The standard InChI is InChI=1S/C20H33N5O2/c1-14(2)11-24-8-9-25(12-17(24)6-10-26)20-18-5-7-23(16(4)27)13-19(18)21-15(3)22-20/h14,17,26H,5-13H2,1-4H3/t17-/m1/s1. The zero-order chi connectivity index (χ0) is 19.6. The first-order valence-electron chi connectivity index (χ1n) is 10.1. The molecule has 2 aliphatic heterocycles. The number of anilines is 1. The molecule has 150 valence electrons. The van der Waals surface area contributed by atoms with Crippen LogP contribution in [0.15, 0.2) is 0 Å². The minimum absolute atomic E-state index is 0.101. The molecule has 27 heavy (non-hydrogen) atoms. The Morgan fingerprint density at radius 3 is 2.70 bits per heavy atom. The van der Waals surface area contributed by atoms with Crippen LogP contribution in [0.5, 0.6) is 0 Å². The number of aliphatic hydroxyl groups is 1. The highest BCUT2D eigenvalue weighted by Crippen LogP contribution is 2.29. The van der Waals surface area contributed by atoms with Crippen molar-refractivity contribution in [3.63, 3.8) is 0 Å². The van der Waals surface area contributed by atoms with Gasteiger partial charge < -0.3 is 14.9 Å². The van der Waals surface area contributed by atoms with Crippen LogP contribution < -0.4 is 4.90 Å². The lowest BCUT2D eigenvalue weighted by atomic mass is 10.0. The lowest BCUT2D eigenvalue weighted by Crippen LogP contribution is -2.55. The van der Waals surface area contributed by atoms with E-state index in [1.807, 2.05) is 11.8 Å². The highest BCUT2D eigenvalue weighted by Gasteiger charge is 2.31. The highest BCUT2D eigenvalue weighted by molar-refractivity contribution is 5.73. The number of amides is 1. The predicted molar refractivity (Wildman–Crippen MR) is 106 cm³/mol. The molecule has 2 aliphatic rings. The Hall–Kier alpha value is -1.73. The maximum absolute atomic E-state index is 11.8. The van der Waals surface area contributed by atoms with Crippen LogP contribution in [0.3, 0.4) is 0 Å². The van der Waals surface area contributed by atoms with Crippen molar-refractivity contribution in [1.29, 1.82) is 0 Å². The number of carbonyl (C=O) groups excluding carboxylic acids is 1. The normalized spacial score (nSPS) is 20.9. The summed E-state index contributed by atoms with van der Waals surface area (Å²) in [5.41, 5.74) is 2.18. The van der Waals surface area contributed by atoms with Gasteiger partial charge in [0.2, 0.25) is 5.91 Å². The first-order chi connectivity index (χ1) is 12.9. The summed E-state index contributed by atoms with van der Waals surface area (Å²) in [6.07, 6.45) is 1.59. The van der Waals surface area contributed by atoms with Gasteiger partial charge in [-0.3, -0.25) is 9.69 Å². The lowest BCUT2D eigenvalue weighted by molar-refractivity contribution is -0.129. The average molecular weight is 376 g/mol. The van der Waals surface area contributed by atoms with Gasteiger partial charge in [0.25, 0.3) is 0 Å². The SMILES string of the molecule is CC(=O)N1CCc2c(nc(C)nc2N2CCN(CC(C)C)[C@H](CCO)C2)C1. The number of piperazine rings is 1. The van der Waals surface area contributed by atoms with E-state index in [-0.39, 0.29) is 12.5 Å². The van der Waals surface area contributed by atoms with Crippen LogP contribution in [0.2, 0.25) is 0 Å². The van der Waals surface area contributed by atoms with E-state index in [0.717, 1.165) is 62.9 Å². The number of hydrogen-bond donors (Lipinski definition) is 1.